The van der Waals surface area contributed by atoms with Gasteiger partial charge in [0.2, 0.25) is 0 Å². The first-order chi connectivity index (χ1) is 12.9. The van der Waals surface area contributed by atoms with Gasteiger partial charge in [-0.1, -0.05) is 38.1 Å². The van der Waals surface area contributed by atoms with Gasteiger partial charge in [0.15, 0.2) is 11.5 Å². The van der Waals surface area contributed by atoms with Crippen LogP contribution < -0.4 is 20.1 Å². The van der Waals surface area contributed by atoms with Crippen LogP contribution in [0.15, 0.2) is 42.5 Å². The minimum atomic E-state index is -0.699. The molecular weight excluding hydrogens is 344 g/mol. The smallest absolute Gasteiger partial charge is 0.313 e. The molecule has 144 valence electrons. The molecule has 0 heterocycles. The quantitative estimate of drug-likeness (QED) is 0.761. The van der Waals surface area contributed by atoms with Gasteiger partial charge in [-0.2, -0.15) is 0 Å². The maximum absolute atomic E-state index is 12.3. The zero-order chi connectivity index (χ0) is 20.0. The van der Waals surface area contributed by atoms with Gasteiger partial charge < -0.3 is 20.1 Å². The van der Waals surface area contributed by atoms with Crippen molar-refractivity contribution in [2.75, 3.05) is 19.5 Å². The normalized spacial score (nSPS) is 11.6. The van der Waals surface area contributed by atoms with Gasteiger partial charge in [-0.25, -0.2) is 0 Å². The minimum absolute atomic E-state index is 0.232. The average molecular weight is 370 g/mol. The molecule has 2 rings (SSSR count). The van der Waals surface area contributed by atoms with Crippen LogP contribution in [0.3, 0.4) is 0 Å². The topological polar surface area (TPSA) is 76.7 Å². The first kappa shape index (κ1) is 20.3. The fourth-order valence-corrected chi connectivity index (χ4v) is 2.76. The van der Waals surface area contributed by atoms with E-state index in [1.807, 2.05) is 38.1 Å². The first-order valence-electron chi connectivity index (χ1n) is 8.80. The third-order valence-electron chi connectivity index (χ3n) is 4.29. The van der Waals surface area contributed by atoms with Crippen LogP contribution in [0.5, 0.6) is 11.5 Å². The molecule has 2 aromatic carbocycles. The fraction of sp³-hybridized carbons (Fsp3) is 0.333. The highest BCUT2D eigenvalue weighted by Gasteiger charge is 2.19. The van der Waals surface area contributed by atoms with Crippen molar-refractivity contribution in [1.82, 2.24) is 5.32 Å². The van der Waals surface area contributed by atoms with E-state index in [0.717, 1.165) is 11.1 Å². The van der Waals surface area contributed by atoms with E-state index in [1.165, 1.54) is 0 Å². The molecular formula is C21H26N2O4. The molecule has 0 fully saturated rings. The Morgan fingerprint density at radius 3 is 2.19 bits per heavy atom. The zero-order valence-corrected chi connectivity index (χ0v) is 16.3. The van der Waals surface area contributed by atoms with E-state index in [9.17, 15) is 9.59 Å². The number of hydrogen-bond donors (Lipinski definition) is 2. The van der Waals surface area contributed by atoms with Gasteiger partial charge in [0, 0.05) is 5.69 Å². The van der Waals surface area contributed by atoms with E-state index in [1.54, 1.807) is 39.3 Å². The predicted octanol–water partition coefficient (Wildman–Crippen LogP) is 3.64. The standard InChI is InChI=1S/C21H26N2O4/c1-13(2)16-8-6-7-9-17(16)23-21(25)20(24)22-14(3)15-10-11-18(26-4)19(12-15)27-5/h6-14H,1-5H3,(H,22,24)(H,23,25). The number of hydrogen-bond acceptors (Lipinski definition) is 4. The predicted molar refractivity (Wildman–Crippen MR) is 105 cm³/mol. The molecule has 0 saturated carbocycles. The summed E-state index contributed by atoms with van der Waals surface area (Å²) in [5.41, 5.74) is 2.43. The average Bonchev–Trinajstić information content (AvgIpc) is 2.67. The number of ether oxygens (including phenoxy) is 2. The molecule has 0 aliphatic rings. The molecule has 0 spiro atoms. The van der Waals surface area contributed by atoms with E-state index in [0.29, 0.717) is 17.2 Å². The first-order valence-corrected chi connectivity index (χ1v) is 8.80. The van der Waals surface area contributed by atoms with Gasteiger partial charge in [-0.3, -0.25) is 9.59 Å². The number of benzene rings is 2. The van der Waals surface area contributed by atoms with Gasteiger partial charge >= 0.3 is 11.8 Å². The molecule has 0 saturated heterocycles. The molecule has 1 atom stereocenters. The number of methoxy groups -OCH3 is 2. The van der Waals surface area contributed by atoms with Crippen LogP contribution in [0, 0.1) is 0 Å². The van der Waals surface area contributed by atoms with Gasteiger partial charge in [0.1, 0.15) is 0 Å². The Hall–Kier alpha value is -3.02. The van der Waals surface area contributed by atoms with Crippen LogP contribution >= 0.6 is 0 Å². The molecule has 27 heavy (non-hydrogen) atoms. The molecule has 0 bridgehead atoms. The fourth-order valence-electron chi connectivity index (χ4n) is 2.76. The summed E-state index contributed by atoms with van der Waals surface area (Å²) in [4.78, 5) is 24.6. The SMILES string of the molecule is COc1ccc(C(C)NC(=O)C(=O)Nc2ccccc2C(C)C)cc1OC. The highest BCUT2D eigenvalue weighted by atomic mass is 16.5. The van der Waals surface area contributed by atoms with Crippen molar-refractivity contribution in [3.05, 3.63) is 53.6 Å². The van der Waals surface area contributed by atoms with Crippen LogP contribution in [-0.4, -0.2) is 26.0 Å². The summed E-state index contributed by atoms with van der Waals surface area (Å²) < 4.78 is 10.5. The lowest BCUT2D eigenvalue weighted by molar-refractivity contribution is -0.136. The molecule has 2 amide bonds. The summed E-state index contributed by atoms with van der Waals surface area (Å²) in [7, 11) is 3.10. The second kappa shape index (κ2) is 9.07. The molecule has 6 heteroatoms. The Labute approximate surface area is 159 Å². The molecule has 0 aromatic heterocycles. The number of amides is 2. The lowest BCUT2D eigenvalue weighted by atomic mass is 10.0. The van der Waals surface area contributed by atoms with Crippen LogP contribution in [0.1, 0.15) is 43.9 Å². The number of rotatable bonds is 6. The molecule has 6 nitrogen and oxygen atoms in total. The number of carbonyl (C=O) groups excluding carboxylic acids is 2. The Morgan fingerprint density at radius 2 is 1.56 bits per heavy atom. The summed E-state index contributed by atoms with van der Waals surface area (Å²) in [6, 6.07) is 12.4. The third kappa shape index (κ3) is 5.00. The lowest BCUT2D eigenvalue weighted by Gasteiger charge is -2.17. The lowest BCUT2D eigenvalue weighted by Crippen LogP contribution is -2.37. The van der Waals surface area contributed by atoms with E-state index >= 15 is 0 Å². The second-order valence-corrected chi connectivity index (χ2v) is 6.51. The maximum Gasteiger partial charge on any atom is 0.313 e. The Bertz CT molecular complexity index is 818. The summed E-state index contributed by atoms with van der Waals surface area (Å²) in [5, 5.41) is 5.40. The van der Waals surface area contributed by atoms with Crippen molar-refractivity contribution in [1.29, 1.82) is 0 Å². The molecule has 1 unspecified atom stereocenters. The molecule has 0 aliphatic heterocycles. The van der Waals surface area contributed by atoms with E-state index in [4.69, 9.17) is 9.47 Å². The summed E-state index contributed by atoms with van der Waals surface area (Å²) >= 11 is 0. The Morgan fingerprint density at radius 1 is 0.889 bits per heavy atom. The van der Waals surface area contributed by atoms with Crippen LogP contribution in [-0.2, 0) is 9.59 Å². The largest absolute Gasteiger partial charge is 0.493 e. The van der Waals surface area contributed by atoms with E-state index in [-0.39, 0.29) is 12.0 Å². The molecule has 0 radical (unpaired) electrons. The van der Waals surface area contributed by atoms with Crippen molar-refractivity contribution in [3.63, 3.8) is 0 Å². The number of para-hydroxylation sites is 1. The van der Waals surface area contributed by atoms with Crippen molar-refractivity contribution in [2.45, 2.75) is 32.7 Å². The second-order valence-electron chi connectivity index (χ2n) is 6.51. The van der Waals surface area contributed by atoms with Crippen LogP contribution in [0.25, 0.3) is 0 Å². The highest BCUT2D eigenvalue weighted by molar-refractivity contribution is 6.39. The van der Waals surface area contributed by atoms with Gasteiger partial charge in [-0.15, -0.1) is 0 Å². The highest BCUT2D eigenvalue weighted by Crippen LogP contribution is 2.30. The van der Waals surface area contributed by atoms with E-state index in [2.05, 4.69) is 10.6 Å². The summed E-state index contributed by atoms with van der Waals surface area (Å²) in [6.45, 7) is 5.86. The zero-order valence-electron chi connectivity index (χ0n) is 16.3. The van der Waals surface area contributed by atoms with Gasteiger partial charge in [0.25, 0.3) is 0 Å². The number of carbonyl (C=O) groups is 2. The van der Waals surface area contributed by atoms with E-state index < -0.39 is 11.8 Å². The van der Waals surface area contributed by atoms with Gasteiger partial charge in [-0.05, 0) is 42.2 Å². The Balaban J connectivity index is 2.07. The minimum Gasteiger partial charge on any atom is -0.493 e. The molecule has 2 N–H and O–H groups in total. The van der Waals surface area contributed by atoms with Crippen LogP contribution in [0.2, 0.25) is 0 Å². The number of nitrogens with one attached hydrogen (secondary N) is 2. The van der Waals surface area contributed by atoms with Gasteiger partial charge in [0.05, 0.1) is 20.3 Å². The van der Waals surface area contributed by atoms with Crippen molar-refractivity contribution in [3.8, 4) is 11.5 Å². The van der Waals surface area contributed by atoms with Crippen molar-refractivity contribution in [2.24, 2.45) is 0 Å². The number of anilines is 1. The third-order valence-corrected chi connectivity index (χ3v) is 4.29. The monoisotopic (exact) mass is 370 g/mol. The summed E-state index contributed by atoms with van der Waals surface area (Å²) in [6.07, 6.45) is 0. The molecule has 0 aliphatic carbocycles. The maximum atomic E-state index is 12.3. The van der Waals surface area contributed by atoms with Crippen LogP contribution in [0.4, 0.5) is 5.69 Å². The summed E-state index contributed by atoms with van der Waals surface area (Å²) in [5.74, 6) is -0.00394. The van der Waals surface area contributed by atoms with Crippen molar-refractivity contribution < 1.29 is 19.1 Å². The Kier molecular flexibility index (Phi) is 6.82. The van der Waals surface area contributed by atoms with Crippen molar-refractivity contribution >= 4 is 17.5 Å². The molecule has 2 aromatic rings.